The fourth-order valence-electron chi connectivity index (χ4n) is 1.40. The number of allylic oxidation sites excluding steroid dienone is 1. The molecule has 2 N–H and O–H groups in total. The summed E-state index contributed by atoms with van der Waals surface area (Å²) in [6.45, 7) is 3.31. The van der Waals surface area contributed by atoms with Crippen LogP contribution in [0.2, 0.25) is 0 Å². The van der Waals surface area contributed by atoms with Crippen molar-refractivity contribution in [3.8, 4) is 0 Å². The molecule has 1 rings (SSSR count). The van der Waals surface area contributed by atoms with Crippen molar-refractivity contribution in [1.82, 2.24) is 5.32 Å². The number of hydrogen-bond donors (Lipinski definition) is 2. The molecule has 0 spiro atoms. The quantitative estimate of drug-likeness (QED) is 0.546. The summed E-state index contributed by atoms with van der Waals surface area (Å²) in [6.07, 6.45) is 2.20. The molecule has 1 heterocycles. The summed E-state index contributed by atoms with van der Waals surface area (Å²) in [5, 5.41) is 12.3. The van der Waals surface area contributed by atoms with Gasteiger partial charge in [-0.1, -0.05) is 12.2 Å². The van der Waals surface area contributed by atoms with Crippen LogP contribution in [-0.4, -0.2) is 43.0 Å². The fraction of sp³-hybridized carbons (Fsp3) is 0.700. The molecule has 0 saturated carbocycles. The van der Waals surface area contributed by atoms with Gasteiger partial charge in [0.25, 0.3) is 0 Å². The summed E-state index contributed by atoms with van der Waals surface area (Å²) < 4.78 is 26.4. The largest absolute Gasteiger partial charge is 0.475 e. The molecule has 1 aliphatic rings. The second-order valence-electron chi connectivity index (χ2n) is 3.73. The Hall–Kier alpha value is -0.720. The minimum absolute atomic E-state index is 0.164. The molecular weight excluding hydrogens is 261 g/mol. The predicted octanol–water partition coefficient (Wildman–Crippen LogP) is 0.600. The molecule has 1 aliphatic heterocycles. The van der Waals surface area contributed by atoms with E-state index in [4.69, 9.17) is 13.6 Å². The molecule has 0 unspecified atom stereocenters. The van der Waals surface area contributed by atoms with E-state index in [-0.39, 0.29) is 25.7 Å². The van der Waals surface area contributed by atoms with Gasteiger partial charge in [-0.3, -0.25) is 18.4 Å². The topological polar surface area (TPSA) is 94.1 Å². The van der Waals surface area contributed by atoms with Crippen LogP contribution in [0.3, 0.4) is 0 Å². The normalized spacial score (nSPS) is 21.9. The molecular formula is C10H18NO6P. The maximum absolute atomic E-state index is 11.7. The van der Waals surface area contributed by atoms with Crippen LogP contribution in [0.4, 0.5) is 0 Å². The van der Waals surface area contributed by atoms with Crippen LogP contribution >= 0.6 is 7.82 Å². The van der Waals surface area contributed by atoms with Crippen molar-refractivity contribution in [3.63, 3.8) is 0 Å². The first-order chi connectivity index (χ1) is 8.47. The number of amides is 1. The molecule has 0 aromatic rings. The van der Waals surface area contributed by atoms with Crippen molar-refractivity contribution >= 4 is 13.7 Å². The van der Waals surface area contributed by atoms with E-state index in [0.717, 1.165) is 0 Å². The molecule has 8 heteroatoms. The van der Waals surface area contributed by atoms with Crippen LogP contribution in [0.1, 0.15) is 13.8 Å². The van der Waals surface area contributed by atoms with E-state index in [9.17, 15) is 14.5 Å². The van der Waals surface area contributed by atoms with Gasteiger partial charge >= 0.3 is 7.82 Å². The van der Waals surface area contributed by atoms with Crippen LogP contribution in [-0.2, 0) is 22.9 Å². The molecule has 1 fully saturated rings. The molecule has 7 nitrogen and oxygen atoms in total. The molecule has 2 atom stereocenters. The van der Waals surface area contributed by atoms with Gasteiger partial charge in [-0.05, 0) is 6.92 Å². The lowest BCUT2D eigenvalue weighted by atomic mass is 10.1. The lowest BCUT2D eigenvalue weighted by Crippen LogP contribution is -2.44. The maximum Gasteiger partial charge on any atom is 0.475 e. The minimum atomic E-state index is -3.51. The first-order valence-corrected chi connectivity index (χ1v) is 7.04. The summed E-state index contributed by atoms with van der Waals surface area (Å²) >= 11 is 0. The summed E-state index contributed by atoms with van der Waals surface area (Å²) in [4.78, 5) is 11.0. The number of phosphoric ester groups is 1. The van der Waals surface area contributed by atoms with Gasteiger partial charge in [-0.25, -0.2) is 4.57 Å². The Bertz CT molecular complexity index is 348. The average molecular weight is 279 g/mol. The summed E-state index contributed by atoms with van der Waals surface area (Å²) in [5.74, 6) is -0.321. The van der Waals surface area contributed by atoms with Gasteiger partial charge in [0.1, 0.15) is 0 Å². The number of hydrogen-bond acceptors (Lipinski definition) is 6. The smallest absolute Gasteiger partial charge is 0.387 e. The minimum Gasteiger partial charge on any atom is -0.387 e. The lowest BCUT2D eigenvalue weighted by Gasteiger charge is -2.22. The van der Waals surface area contributed by atoms with Crippen LogP contribution in [0.15, 0.2) is 12.2 Å². The molecule has 18 heavy (non-hydrogen) atoms. The highest BCUT2D eigenvalue weighted by molar-refractivity contribution is 7.48. The zero-order valence-electron chi connectivity index (χ0n) is 10.4. The molecule has 0 bridgehead atoms. The summed E-state index contributed by atoms with van der Waals surface area (Å²) in [5.41, 5.74) is 0. The third kappa shape index (κ3) is 4.88. The van der Waals surface area contributed by atoms with E-state index in [2.05, 4.69) is 5.32 Å². The van der Waals surface area contributed by atoms with Crippen LogP contribution in [0, 0.1) is 0 Å². The number of carbonyl (C=O) groups excluding carboxylic acids is 1. The van der Waals surface area contributed by atoms with E-state index >= 15 is 0 Å². The van der Waals surface area contributed by atoms with Gasteiger partial charge in [0, 0.05) is 6.92 Å². The van der Waals surface area contributed by atoms with Crippen LogP contribution < -0.4 is 5.32 Å². The second-order valence-corrected chi connectivity index (χ2v) is 5.40. The summed E-state index contributed by atoms with van der Waals surface area (Å²) in [7, 11) is -3.51. The standard InChI is InChI=1S/C10H18NO6P/c1-3-4-10(13)9(11-8(2)12)7-17-18(14)15-5-6-16-18/h3-4,9-10,13H,5-7H2,1-2H3,(H,11,12)/b4-3+/t9-,10+/m0/s1. The zero-order chi connectivity index (χ0) is 13.6. The first-order valence-electron chi connectivity index (χ1n) is 5.58. The molecule has 1 amide bonds. The highest BCUT2D eigenvalue weighted by Gasteiger charge is 2.33. The molecule has 1 saturated heterocycles. The number of aliphatic hydroxyl groups is 1. The number of aliphatic hydroxyl groups excluding tert-OH is 1. The van der Waals surface area contributed by atoms with Crippen molar-refractivity contribution in [2.75, 3.05) is 19.8 Å². The van der Waals surface area contributed by atoms with Crippen molar-refractivity contribution in [3.05, 3.63) is 12.2 Å². The molecule has 0 radical (unpaired) electrons. The Morgan fingerprint density at radius 1 is 1.56 bits per heavy atom. The van der Waals surface area contributed by atoms with E-state index in [1.165, 1.54) is 13.0 Å². The fourth-order valence-corrected chi connectivity index (χ4v) is 2.56. The van der Waals surface area contributed by atoms with E-state index < -0.39 is 20.0 Å². The van der Waals surface area contributed by atoms with E-state index in [1.807, 2.05) is 0 Å². The van der Waals surface area contributed by atoms with Crippen molar-refractivity contribution in [1.29, 1.82) is 0 Å². The average Bonchev–Trinajstić information content (AvgIpc) is 2.72. The van der Waals surface area contributed by atoms with Crippen LogP contribution in [0.5, 0.6) is 0 Å². The number of rotatable bonds is 6. The third-order valence-electron chi connectivity index (χ3n) is 2.18. The number of phosphoric acid groups is 1. The number of nitrogens with one attached hydrogen (secondary N) is 1. The van der Waals surface area contributed by atoms with Crippen molar-refractivity contribution < 1.29 is 28.0 Å². The molecule has 0 aliphatic carbocycles. The SMILES string of the molecule is C/C=C/[C@@H](O)[C@H](COP1(=O)OCCO1)NC(C)=O. The lowest BCUT2D eigenvalue weighted by molar-refractivity contribution is -0.120. The predicted molar refractivity (Wildman–Crippen MR) is 63.9 cm³/mol. The second kappa shape index (κ2) is 7.01. The van der Waals surface area contributed by atoms with Gasteiger partial charge in [-0.15, -0.1) is 0 Å². The van der Waals surface area contributed by atoms with Gasteiger partial charge in [-0.2, -0.15) is 0 Å². The van der Waals surface area contributed by atoms with E-state index in [1.54, 1.807) is 13.0 Å². The molecule has 104 valence electrons. The van der Waals surface area contributed by atoms with Gasteiger partial charge in [0.2, 0.25) is 5.91 Å². The maximum atomic E-state index is 11.7. The highest BCUT2D eigenvalue weighted by atomic mass is 31.2. The van der Waals surface area contributed by atoms with Gasteiger partial charge < -0.3 is 10.4 Å². The van der Waals surface area contributed by atoms with E-state index in [0.29, 0.717) is 0 Å². The Kier molecular flexibility index (Phi) is 5.98. The zero-order valence-corrected chi connectivity index (χ0v) is 11.3. The van der Waals surface area contributed by atoms with Crippen molar-refractivity contribution in [2.45, 2.75) is 26.0 Å². The molecule has 0 aromatic carbocycles. The van der Waals surface area contributed by atoms with Crippen molar-refractivity contribution in [2.24, 2.45) is 0 Å². The Morgan fingerprint density at radius 2 is 2.17 bits per heavy atom. The van der Waals surface area contributed by atoms with Crippen LogP contribution in [0.25, 0.3) is 0 Å². The Balaban J connectivity index is 2.55. The first kappa shape index (κ1) is 15.3. The summed E-state index contributed by atoms with van der Waals surface area (Å²) in [6, 6.07) is -0.711. The Labute approximate surface area is 106 Å². The van der Waals surface area contributed by atoms with Gasteiger partial charge in [0.05, 0.1) is 32.0 Å². The van der Waals surface area contributed by atoms with Gasteiger partial charge in [0.15, 0.2) is 0 Å². The highest BCUT2D eigenvalue weighted by Crippen LogP contribution is 2.52. The number of carbonyl (C=O) groups is 1. The monoisotopic (exact) mass is 279 g/mol. The molecule has 0 aromatic heterocycles. The third-order valence-corrected chi connectivity index (χ3v) is 3.65. The Morgan fingerprint density at radius 3 is 2.67 bits per heavy atom.